The number of halogens is 6. The van der Waals surface area contributed by atoms with Crippen LogP contribution < -0.4 is 0 Å². The molecule has 1 saturated heterocycles. The molecule has 0 unspecified atom stereocenters. The van der Waals surface area contributed by atoms with Gasteiger partial charge in [-0.15, -0.1) is 0 Å². The van der Waals surface area contributed by atoms with E-state index in [2.05, 4.69) is 212 Å². The minimum Gasteiger partial charge on any atom is 0 e. The standard InChI is InChI=1S/2C17H29.C10H15.4CO.F6P.2Fe.P4.Ru/c2*1-15(2,3)12-10-13(16(4,5)6)14(11-12)17(7,8)9;1-6-7(2)9(4)10(5)8(6)3;4*1-2;1-7(2,3,4,5)6;;;1-2-4-3-1;/h2*10-11H,1-9H3;1-5H3;;;;;;;;;/q;;;;;;;-1;;;;+1. The first-order valence-corrected chi connectivity index (χ1v) is 28.1. The summed E-state index contributed by atoms with van der Waals surface area (Å²) in [5, 5.41) is 0. The summed E-state index contributed by atoms with van der Waals surface area (Å²) >= 11 is 0. The molecule has 4 nitrogen and oxygen atoms in total. The second-order valence-corrected chi connectivity index (χ2v) is 32.3. The van der Waals surface area contributed by atoms with E-state index in [0.29, 0.717) is 0 Å². The molecule has 66 heavy (non-hydrogen) atoms. The third kappa shape index (κ3) is 38.0. The summed E-state index contributed by atoms with van der Waals surface area (Å²) in [4.78, 5) is 0. The zero-order valence-corrected chi connectivity index (χ0v) is 51.4. The van der Waals surface area contributed by atoms with Crippen molar-refractivity contribution in [2.75, 3.05) is 0 Å². The van der Waals surface area contributed by atoms with Gasteiger partial charge in [0.15, 0.2) is 0 Å². The van der Waals surface area contributed by atoms with Gasteiger partial charge in [0, 0.05) is 66.0 Å². The smallest absolute Gasteiger partial charge is 0 e. The molecule has 380 valence electrons. The van der Waals surface area contributed by atoms with Gasteiger partial charge in [-0.05, 0) is 123 Å². The van der Waals surface area contributed by atoms with Crippen LogP contribution in [0.1, 0.15) is 159 Å². The van der Waals surface area contributed by atoms with E-state index in [1.54, 1.807) is 31.8 Å². The topological polar surface area (TPSA) is 79.6 Å². The number of hydrogen-bond acceptors (Lipinski definition) is 0. The fourth-order valence-electron chi connectivity index (χ4n) is 5.81. The minimum absolute atomic E-state index is 0. The summed E-state index contributed by atoms with van der Waals surface area (Å²) in [7, 11) is -4.21. The van der Waals surface area contributed by atoms with Gasteiger partial charge in [0.05, 0.1) is 0 Å². The van der Waals surface area contributed by atoms with Crippen LogP contribution in [0.5, 0.6) is 0 Å². The molecule has 4 rings (SSSR count). The summed E-state index contributed by atoms with van der Waals surface area (Å²) in [5.41, 5.74) is 1.39. The average molecular weight is 1200 g/mol. The van der Waals surface area contributed by atoms with Crippen LogP contribution in [0.2, 0.25) is 0 Å². The summed E-state index contributed by atoms with van der Waals surface area (Å²) in [5.74, 6) is 16.3. The number of rotatable bonds is 0. The first kappa shape index (κ1) is 85.1. The molecular weight excluding hydrogens is 1120 g/mol. The van der Waals surface area contributed by atoms with Gasteiger partial charge in [0.2, 0.25) is 0 Å². The molecular formula is C48H73F6Fe2O4P5Ru. The predicted molar refractivity (Wildman–Crippen MR) is 255 cm³/mol. The van der Waals surface area contributed by atoms with E-state index < -0.39 is 7.81 Å². The van der Waals surface area contributed by atoms with Crippen molar-refractivity contribution in [3.05, 3.63) is 117 Å². The van der Waals surface area contributed by atoms with Gasteiger partial charge < -0.3 is 0 Å². The Kier molecular flexibility index (Phi) is 43.0. The van der Waals surface area contributed by atoms with Crippen LogP contribution >= 0.6 is 39.6 Å². The molecule has 0 amide bonds. The molecule has 3 saturated carbocycles. The Balaban J connectivity index is -0.000000106. The Bertz CT molecular complexity index is 1170. The van der Waals surface area contributed by atoms with Crippen molar-refractivity contribution in [1.82, 2.24) is 0 Å². The predicted octanol–water partition coefficient (Wildman–Crippen LogP) is 20.2. The van der Waals surface area contributed by atoms with Crippen LogP contribution in [0.4, 0.5) is 25.2 Å². The van der Waals surface area contributed by atoms with Crippen molar-refractivity contribution in [3.8, 4) is 0 Å². The zero-order valence-electron chi connectivity index (χ0n) is 43.0. The van der Waals surface area contributed by atoms with Gasteiger partial charge in [0.1, 0.15) is 0 Å². The molecule has 0 atom stereocenters. The summed E-state index contributed by atoms with van der Waals surface area (Å²) < 4.78 is 89.2. The van der Waals surface area contributed by atoms with Crippen LogP contribution in [-0.2, 0) is 72.2 Å². The minimum atomic E-state index is -10.7. The third-order valence-corrected chi connectivity index (χ3v) is 22.5. The van der Waals surface area contributed by atoms with Gasteiger partial charge >= 0.3 is 97.7 Å². The normalized spacial score (nSPS) is 21.3. The maximum absolute atomic E-state index is 10.7. The van der Waals surface area contributed by atoms with Crippen LogP contribution in [0.3, 0.4) is 0 Å². The molecule has 0 spiro atoms. The Morgan fingerprint density at radius 2 is 0.439 bits per heavy atom. The maximum atomic E-state index is 9.87. The molecule has 18 heteroatoms. The van der Waals surface area contributed by atoms with Crippen LogP contribution in [0.15, 0.2) is 0 Å². The van der Waals surface area contributed by atoms with Crippen LogP contribution in [0.25, 0.3) is 0 Å². The number of hydrogen-bond donors (Lipinski definition) is 0. The van der Waals surface area contributed by atoms with Gasteiger partial charge in [-0.1, -0.05) is 159 Å². The fourth-order valence-corrected chi connectivity index (χ4v) is 9.01. The monoisotopic (exact) mass is 1200 g/mol. The quantitative estimate of drug-likeness (QED) is 0.0762. The SMILES string of the molecule is CC(C)(C)[C]1[CH][C](C(C)(C)C)[C](C(C)(C)C)[CH]1.CC(C)(C)[C]1[CH][C](C(C)(C)C)[C](C(C)(C)C)[CH]1.C[C]1[C](C)[C](C)[C](C)[C]1C.F[P-](F)(F)(F)(F)F.[C-]#[O+].[C-]#[O+].[C-]#[O+].[C-]#[O+].[Fe].[Fe].[P]1[P][P][P]1.[Ru+]. The molecule has 20 radical (unpaired) electrons. The van der Waals surface area contributed by atoms with Gasteiger partial charge in [-0.3, -0.25) is 0 Å². The second-order valence-electron chi connectivity index (χ2n) is 21.1. The molecule has 0 aromatic carbocycles. The van der Waals surface area contributed by atoms with Crippen molar-refractivity contribution < 1.29 is 97.4 Å². The van der Waals surface area contributed by atoms with Gasteiger partial charge in [0.25, 0.3) is 0 Å². The molecule has 4 aliphatic rings. The largest absolute Gasteiger partial charge is 1.00 e. The Hall–Kier alpha value is 2.35. The first-order valence-electron chi connectivity index (χ1n) is 19.7. The van der Waals surface area contributed by atoms with E-state index in [4.69, 9.17) is 18.6 Å². The van der Waals surface area contributed by atoms with E-state index in [1.165, 1.54) is 65.1 Å². The summed E-state index contributed by atoms with van der Waals surface area (Å²) in [6.45, 7) is 70.5. The zero-order chi connectivity index (χ0) is 52.4. The third-order valence-electron chi connectivity index (χ3n) is 9.72. The summed E-state index contributed by atoms with van der Waals surface area (Å²) in [6, 6.07) is 0. The van der Waals surface area contributed by atoms with E-state index in [-0.39, 0.29) is 86.1 Å². The molecule has 1 aliphatic heterocycles. The van der Waals surface area contributed by atoms with Crippen molar-refractivity contribution in [2.45, 2.75) is 159 Å². The first-order chi connectivity index (χ1) is 27.7. The molecule has 3 aliphatic carbocycles. The molecule has 0 aromatic heterocycles. The van der Waals surface area contributed by atoms with E-state index in [9.17, 15) is 25.2 Å². The molecule has 0 N–H and O–H groups in total. The fraction of sp³-hybridized carbons (Fsp3) is 0.604. The summed E-state index contributed by atoms with van der Waals surface area (Å²) in [6.07, 6.45) is 9.67. The van der Waals surface area contributed by atoms with Gasteiger partial charge in [-0.25, -0.2) is 0 Å². The molecule has 1 heterocycles. The van der Waals surface area contributed by atoms with Crippen molar-refractivity contribution in [1.29, 1.82) is 0 Å². The molecule has 4 fully saturated rings. The maximum Gasteiger partial charge on any atom is 1.00 e. The van der Waals surface area contributed by atoms with E-state index >= 15 is 0 Å². The second kappa shape index (κ2) is 33.3. The van der Waals surface area contributed by atoms with Crippen molar-refractivity contribution >= 4 is 39.6 Å². The van der Waals surface area contributed by atoms with Crippen molar-refractivity contribution in [3.63, 3.8) is 0 Å². The molecule has 0 aromatic rings. The Morgan fingerprint density at radius 3 is 0.500 bits per heavy atom. The molecule has 0 bridgehead atoms. The van der Waals surface area contributed by atoms with Crippen LogP contribution in [0, 0.1) is 150 Å². The van der Waals surface area contributed by atoms with Gasteiger partial charge in [-0.2, -0.15) is 0 Å². The average Bonchev–Trinajstić information content (AvgIpc) is 3.79. The van der Waals surface area contributed by atoms with E-state index in [1.807, 2.05) is 0 Å². The van der Waals surface area contributed by atoms with E-state index in [0.717, 1.165) is 0 Å². The van der Waals surface area contributed by atoms with Crippen LogP contribution in [-0.4, -0.2) is 0 Å². The van der Waals surface area contributed by atoms with Crippen molar-refractivity contribution in [2.24, 2.45) is 32.5 Å². The Morgan fingerprint density at radius 1 is 0.333 bits per heavy atom. The Labute approximate surface area is 443 Å².